The van der Waals surface area contributed by atoms with E-state index >= 15 is 0 Å². The topological polar surface area (TPSA) is 52.4 Å². The summed E-state index contributed by atoms with van der Waals surface area (Å²) in [7, 11) is 0. The molecule has 0 saturated carbocycles. The van der Waals surface area contributed by atoms with Crippen molar-refractivity contribution in [2.45, 2.75) is 5.88 Å². The minimum atomic E-state index is -1.24. The van der Waals surface area contributed by atoms with Crippen LogP contribution in [0, 0.1) is 27.6 Å². The second-order valence-corrected chi connectivity index (χ2v) is 4.25. The van der Waals surface area contributed by atoms with E-state index in [0.29, 0.717) is 12.1 Å². The Balaban J connectivity index is 2.41. The number of nitro groups is 1. The molecule has 0 aliphatic rings. The number of ether oxygens (including phenoxy) is 1. The van der Waals surface area contributed by atoms with Gasteiger partial charge in [0.2, 0.25) is 5.82 Å². The molecule has 0 unspecified atom stereocenters. The number of nitro benzene ring substituents is 1. The first kappa shape index (κ1) is 15.1. The van der Waals surface area contributed by atoms with Gasteiger partial charge in [0.15, 0.2) is 11.6 Å². The maximum absolute atomic E-state index is 13.7. The molecule has 2 aromatic carbocycles. The van der Waals surface area contributed by atoms with Crippen LogP contribution >= 0.6 is 11.6 Å². The van der Waals surface area contributed by atoms with Crippen LogP contribution in [0.2, 0.25) is 0 Å². The molecule has 0 saturated heterocycles. The molecule has 0 aliphatic carbocycles. The fourth-order valence-electron chi connectivity index (χ4n) is 1.61. The van der Waals surface area contributed by atoms with Gasteiger partial charge in [0.1, 0.15) is 11.6 Å². The van der Waals surface area contributed by atoms with E-state index in [0.717, 1.165) is 12.1 Å². The first-order valence-corrected chi connectivity index (χ1v) is 6.11. The van der Waals surface area contributed by atoms with Gasteiger partial charge in [-0.3, -0.25) is 10.1 Å². The lowest BCUT2D eigenvalue weighted by Gasteiger charge is -2.10. The van der Waals surface area contributed by atoms with Crippen LogP contribution in [-0.4, -0.2) is 4.92 Å². The highest BCUT2D eigenvalue weighted by Crippen LogP contribution is 2.32. The standard InChI is InChI=1S/C13H7ClF3NO3/c14-6-7-3-8(15)1-2-12(7)21-13-5-9(16)11(18(19)20)4-10(13)17/h1-5H,6H2. The third-order valence-electron chi connectivity index (χ3n) is 2.58. The number of hydrogen-bond donors (Lipinski definition) is 0. The van der Waals surface area contributed by atoms with E-state index in [-0.39, 0.29) is 17.2 Å². The molecule has 0 fully saturated rings. The van der Waals surface area contributed by atoms with Crippen molar-refractivity contribution >= 4 is 17.3 Å². The average Bonchev–Trinajstić information content (AvgIpc) is 2.43. The molecule has 0 heterocycles. The summed E-state index contributed by atoms with van der Waals surface area (Å²) in [6.07, 6.45) is 0. The van der Waals surface area contributed by atoms with Gasteiger partial charge < -0.3 is 4.74 Å². The van der Waals surface area contributed by atoms with Gasteiger partial charge in [-0.1, -0.05) is 0 Å². The zero-order chi connectivity index (χ0) is 15.6. The van der Waals surface area contributed by atoms with Crippen LogP contribution in [0.3, 0.4) is 0 Å². The highest BCUT2D eigenvalue weighted by atomic mass is 35.5. The SMILES string of the molecule is O=[N+]([O-])c1cc(F)c(Oc2ccc(F)cc2CCl)cc1F. The summed E-state index contributed by atoms with van der Waals surface area (Å²) in [4.78, 5) is 9.43. The molecule has 8 heteroatoms. The van der Waals surface area contributed by atoms with Gasteiger partial charge in [-0.05, 0) is 18.2 Å². The largest absolute Gasteiger partial charge is 0.454 e. The van der Waals surface area contributed by atoms with E-state index < -0.39 is 33.8 Å². The summed E-state index contributed by atoms with van der Waals surface area (Å²) < 4.78 is 45.3. The third-order valence-corrected chi connectivity index (χ3v) is 2.87. The van der Waals surface area contributed by atoms with E-state index in [1.165, 1.54) is 6.07 Å². The van der Waals surface area contributed by atoms with Gasteiger partial charge in [-0.25, -0.2) is 8.78 Å². The number of benzene rings is 2. The molecule has 0 atom stereocenters. The Morgan fingerprint density at radius 1 is 1.10 bits per heavy atom. The Kier molecular flexibility index (Phi) is 4.32. The zero-order valence-corrected chi connectivity index (χ0v) is 11.0. The number of rotatable bonds is 4. The molecule has 2 aromatic rings. The van der Waals surface area contributed by atoms with Crippen molar-refractivity contribution in [1.29, 1.82) is 0 Å². The Morgan fingerprint density at radius 2 is 1.81 bits per heavy atom. The molecule has 4 nitrogen and oxygen atoms in total. The van der Waals surface area contributed by atoms with E-state index in [2.05, 4.69) is 0 Å². The highest BCUT2D eigenvalue weighted by Gasteiger charge is 2.20. The van der Waals surface area contributed by atoms with Crippen molar-refractivity contribution in [3.63, 3.8) is 0 Å². The minimum absolute atomic E-state index is 0.0264. The summed E-state index contributed by atoms with van der Waals surface area (Å²) in [6.45, 7) is 0. The first-order valence-electron chi connectivity index (χ1n) is 5.58. The number of nitrogens with zero attached hydrogens (tertiary/aromatic N) is 1. The highest BCUT2D eigenvalue weighted by molar-refractivity contribution is 6.17. The molecule has 0 N–H and O–H groups in total. The predicted molar refractivity (Wildman–Crippen MR) is 69.0 cm³/mol. The molecule has 21 heavy (non-hydrogen) atoms. The van der Waals surface area contributed by atoms with Gasteiger partial charge in [-0.2, -0.15) is 4.39 Å². The second kappa shape index (κ2) is 6.01. The molecular formula is C13H7ClF3NO3. The van der Waals surface area contributed by atoms with Crippen LogP contribution < -0.4 is 4.74 Å². The Bertz CT molecular complexity index is 709. The zero-order valence-electron chi connectivity index (χ0n) is 10.3. The molecule has 110 valence electrons. The lowest BCUT2D eigenvalue weighted by Crippen LogP contribution is -1.98. The molecule has 2 rings (SSSR count). The van der Waals surface area contributed by atoms with Crippen molar-refractivity contribution in [2.24, 2.45) is 0 Å². The average molecular weight is 318 g/mol. The van der Waals surface area contributed by atoms with E-state index in [1.807, 2.05) is 0 Å². The molecule has 0 amide bonds. The second-order valence-electron chi connectivity index (χ2n) is 3.98. The monoisotopic (exact) mass is 317 g/mol. The molecule has 0 bridgehead atoms. The van der Waals surface area contributed by atoms with Crippen molar-refractivity contribution in [2.75, 3.05) is 0 Å². The Hall–Kier alpha value is -2.28. The Labute approximate surface area is 121 Å². The number of alkyl halides is 1. The summed E-state index contributed by atoms with van der Waals surface area (Å²) in [5.74, 6) is -3.56. The normalized spacial score (nSPS) is 10.5. The van der Waals surface area contributed by atoms with E-state index in [4.69, 9.17) is 16.3 Å². The van der Waals surface area contributed by atoms with E-state index in [1.54, 1.807) is 0 Å². The van der Waals surface area contributed by atoms with E-state index in [9.17, 15) is 23.3 Å². The number of halogens is 4. The fraction of sp³-hybridized carbons (Fsp3) is 0.0769. The summed E-state index contributed by atoms with van der Waals surface area (Å²) >= 11 is 5.60. The molecular weight excluding hydrogens is 311 g/mol. The molecule has 0 aliphatic heterocycles. The quantitative estimate of drug-likeness (QED) is 0.472. The van der Waals surface area contributed by atoms with Gasteiger partial charge in [0.25, 0.3) is 0 Å². The smallest absolute Gasteiger partial charge is 0.307 e. The van der Waals surface area contributed by atoms with Gasteiger partial charge in [0, 0.05) is 11.6 Å². The molecule has 0 aromatic heterocycles. The van der Waals surface area contributed by atoms with Crippen LogP contribution in [0.4, 0.5) is 18.9 Å². The maximum Gasteiger partial charge on any atom is 0.307 e. The van der Waals surface area contributed by atoms with Crippen molar-refractivity contribution in [3.05, 3.63) is 63.5 Å². The van der Waals surface area contributed by atoms with Gasteiger partial charge in [-0.15, -0.1) is 11.6 Å². The summed E-state index contributed by atoms with van der Waals surface area (Å²) in [5, 5.41) is 10.5. The van der Waals surface area contributed by atoms with Crippen LogP contribution in [0.15, 0.2) is 30.3 Å². The summed E-state index contributed by atoms with van der Waals surface area (Å²) in [6, 6.07) is 4.31. The summed E-state index contributed by atoms with van der Waals surface area (Å²) in [5.41, 5.74) is -0.772. The fourth-order valence-corrected chi connectivity index (χ4v) is 1.82. The van der Waals surface area contributed by atoms with Crippen molar-refractivity contribution in [3.8, 4) is 11.5 Å². The van der Waals surface area contributed by atoms with Crippen LogP contribution in [0.5, 0.6) is 11.5 Å². The first-order chi connectivity index (χ1) is 9.92. The maximum atomic E-state index is 13.7. The van der Waals surface area contributed by atoms with Crippen molar-refractivity contribution < 1.29 is 22.8 Å². The van der Waals surface area contributed by atoms with Crippen LogP contribution in [0.25, 0.3) is 0 Å². The van der Waals surface area contributed by atoms with Gasteiger partial charge >= 0.3 is 5.69 Å². The van der Waals surface area contributed by atoms with Crippen LogP contribution in [-0.2, 0) is 5.88 Å². The Morgan fingerprint density at radius 3 is 2.43 bits per heavy atom. The third kappa shape index (κ3) is 3.25. The van der Waals surface area contributed by atoms with Gasteiger partial charge in [0.05, 0.1) is 16.9 Å². The molecule has 0 spiro atoms. The molecule has 0 radical (unpaired) electrons. The van der Waals surface area contributed by atoms with Crippen molar-refractivity contribution in [1.82, 2.24) is 0 Å². The predicted octanol–water partition coefficient (Wildman–Crippen LogP) is 4.54. The number of hydrogen-bond acceptors (Lipinski definition) is 3. The lowest BCUT2D eigenvalue weighted by atomic mass is 10.2. The van der Waals surface area contributed by atoms with Crippen LogP contribution in [0.1, 0.15) is 5.56 Å². The minimum Gasteiger partial charge on any atom is -0.454 e. The lowest BCUT2D eigenvalue weighted by molar-refractivity contribution is -0.387.